The number of aromatic nitrogens is 4. The predicted molar refractivity (Wildman–Crippen MR) is 127 cm³/mol. The lowest BCUT2D eigenvalue weighted by Crippen LogP contribution is -2.66. The maximum atomic E-state index is 13.5. The third-order valence-electron chi connectivity index (χ3n) is 6.39. The van der Waals surface area contributed by atoms with Crippen molar-refractivity contribution in [2.75, 3.05) is 24.6 Å². The second-order valence-electron chi connectivity index (χ2n) is 9.16. The molecule has 11 nitrogen and oxygen atoms in total. The van der Waals surface area contributed by atoms with Gasteiger partial charge >= 0.3 is 0 Å². The van der Waals surface area contributed by atoms with Crippen LogP contribution in [-0.4, -0.2) is 71.4 Å². The molecule has 36 heavy (non-hydrogen) atoms. The zero-order valence-electron chi connectivity index (χ0n) is 19.6. The van der Waals surface area contributed by atoms with Gasteiger partial charge in [0.2, 0.25) is 10.0 Å². The van der Waals surface area contributed by atoms with Crippen LogP contribution in [0.1, 0.15) is 32.2 Å². The Balaban J connectivity index is 1.66. The summed E-state index contributed by atoms with van der Waals surface area (Å²) in [4.78, 5) is 6.43. The van der Waals surface area contributed by atoms with E-state index in [0.29, 0.717) is 41.5 Å². The fourth-order valence-corrected chi connectivity index (χ4v) is 6.59. The highest BCUT2D eigenvalue weighted by Crippen LogP contribution is 2.34. The third-order valence-corrected chi connectivity index (χ3v) is 8.82. The maximum absolute atomic E-state index is 13.5. The van der Waals surface area contributed by atoms with E-state index in [1.54, 1.807) is 6.92 Å². The highest BCUT2D eigenvalue weighted by Gasteiger charge is 2.49. The van der Waals surface area contributed by atoms with E-state index in [9.17, 15) is 22.5 Å². The first-order chi connectivity index (χ1) is 17.0. The molecule has 2 fully saturated rings. The minimum absolute atomic E-state index is 0.0661. The summed E-state index contributed by atoms with van der Waals surface area (Å²) in [7, 11) is -4.18. The Morgan fingerprint density at radius 2 is 2.03 bits per heavy atom. The summed E-state index contributed by atoms with van der Waals surface area (Å²) in [6.07, 6.45) is -0.569. The first kappa shape index (κ1) is 24.9. The van der Waals surface area contributed by atoms with Crippen molar-refractivity contribution in [2.24, 2.45) is 0 Å². The number of anilines is 1. The Bertz CT molecular complexity index is 1440. The summed E-state index contributed by atoms with van der Waals surface area (Å²) >= 11 is 0.714. The highest BCUT2D eigenvalue weighted by molar-refractivity contribution is 7.89. The number of pyridine rings is 1. The van der Waals surface area contributed by atoms with Crippen molar-refractivity contribution in [3.8, 4) is 16.8 Å². The van der Waals surface area contributed by atoms with E-state index in [-0.39, 0.29) is 28.6 Å². The lowest BCUT2D eigenvalue weighted by molar-refractivity contribution is -0.102. The Hall–Kier alpha value is -2.77. The van der Waals surface area contributed by atoms with Crippen LogP contribution < -0.4 is 14.9 Å². The van der Waals surface area contributed by atoms with Crippen LogP contribution >= 0.6 is 11.3 Å². The van der Waals surface area contributed by atoms with E-state index < -0.39 is 33.1 Å². The number of hydrogen-bond acceptors (Lipinski definition) is 10. The molecule has 0 aliphatic carbocycles. The minimum Gasteiger partial charge on any atom is -0.372 e. The van der Waals surface area contributed by atoms with Crippen molar-refractivity contribution < 1.29 is 21.9 Å². The lowest BCUT2D eigenvalue weighted by Gasteiger charge is -2.42. The van der Waals surface area contributed by atoms with Crippen molar-refractivity contribution in [2.45, 2.75) is 55.8 Å². The molecule has 192 valence electrons. The molecule has 0 aromatic carbocycles. The smallest absolute Gasteiger partial charge is 0.291 e. The van der Waals surface area contributed by atoms with Gasteiger partial charge in [0.15, 0.2) is 21.2 Å². The zero-order chi connectivity index (χ0) is 25.8. The summed E-state index contributed by atoms with van der Waals surface area (Å²) in [5.74, 6) is 0. The summed E-state index contributed by atoms with van der Waals surface area (Å²) in [6.45, 7) is 6.81. The Kier molecular flexibility index (Phi) is 6.20. The van der Waals surface area contributed by atoms with E-state index in [1.807, 2.05) is 24.8 Å². The third kappa shape index (κ3) is 4.22. The van der Waals surface area contributed by atoms with Crippen LogP contribution in [0.4, 0.5) is 14.5 Å². The quantitative estimate of drug-likeness (QED) is 0.482. The van der Waals surface area contributed by atoms with Crippen LogP contribution in [-0.2, 0) is 14.8 Å². The largest absolute Gasteiger partial charge is 0.372 e. The fourth-order valence-electron chi connectivity index (χ4n) is 4.51. The molecule has 5 rings (SSSR count). The molecule has 5 heterocycles. The summed E-state index contributed by atoms with van der Waals surface area (Å²) < 4.78 is 62.6. The normalized spacial score (nSPS) is 26.8. The summed E-state index contributed by atoms with van der Waals surface area (Å²) in [5, 5.41) is 20.3. The van der Waals surface area contributed by atoms with Gasteiger partial charge in [0.25, 0.3) is 6.43 Å². The molecular formula is C21H24F2N8O3S2. The number of imidazole rings is 1. The Morgan fingerprint density at radius 3 is 2.58 bits per heavy atom. The van der Waals surface area contributed by atoms with Gasteiger partial charge in [-0.2, -0.15) is 9.98 Å². The van der Waals surface area contributed by atoms with Crippen molar-refractivity contribution in [1.82, 2.24) is 29.6 Å². The minimum atomic E-state index is -4.18. The predicted octanol–water partition coefficient (Wildman–Crippen LogP) is 1.94. The highest BCUT2D eigenvalue weighted by atomic mass is 32.2. The average Bonchev–Trinajstić information content (AvgIpc) is 3.47. The number of sulfonamides is 1. The van der Waals surface area contributed by atoms with Crippen LogP contribution in [0.3, 0.4) is 0 Å². The Labute approximate surface area is 210 Å². The molecule has 2 N–H and O–H groups in total. The molecule has 15 heteroatoms. The first-order valence-corrected chi connectivity index (χ1v) is 13.5. The molecule has 0 saturated carbocycles. The summed E-state index contributed by atoms with van der Waals surface area (Å²) in [5.41, 5.74) is -0.0321. The first-order valence-electron chi connectivity index (χ1n) is 11.2. The number of hydrogen-bond donors (Lipinski definition) is 2. The zero-order valence-corrected chi connectivity index (χ0v) is 21.3. The van der Waals surface area contributed by atoms with Crippen molar-refractivity contribution >= 4 is 32.7 Å². The second-order valence-corrected chi connectivity index (χ2v) is 11.9. The van der Waals surface area contributed by atoms with Gasteiger partial charge in [-0.15, -0.1) is 10.2 Å². The van der Waals surface area contributed by atoms with Crippen molar-refractivity contribution in [1.29, 1.82) is 5.26 Å². The molecule has 0 bridgehead atoms. The van der Waals surface area contributed by atoms with Crippen molar-refractivity contribution in [3.63, 3.8) is 0 Å². The lowest BCUT2D eigenvalue weighted by atomic mass is 9.92. The molecule has 2 aliphatic heterocycles. The van der Waals surface area contributed by atoms with E-state index in [2.05, 4.69) is 25.2 Å². The molecule has 2 unspecified atom stereocenters. The maximum Gasteiger partial charge on any atom is 0.291 e. The molecular weight excluding hydrogens is 514 g/mol. The number of ether oxygens (including phenoxy) is 1. The topological polar surface area (TPSA) is 138 Å². The molecule has 2 aliphatic rings. The van der Waals surface area contributed by atoms with E-state index in [4.69, 9.17) is 4.74 Å². The van der Waals surface area contributed by atoms with Gasteiger partial charge in [-0.1, -0.05) is 11.3 Å². The molecule has 0 amide bonds. The van der Waals surface area contributed by atoms with Gasteiger partial charge in [0, 0.05) is 31.4 Å². The second kappa shape index (κ2) is 8.96. The van der Waals surface area contributed by atoms with Gasteiger partial charge in [-0.25, -0.2) is 22.2 Å². The fraction of sp³-hybridized carbons (Fsp3) is 0.524. The van der Waals surface area contributed by atoms with E-state index >= 15 is 0 Å². The van der Waals surface area contributed by atoms with Crippen LogP contribution in [0.25, 0.3) is 16.3 Å². The number of alkyl halides is 2. The Morgan fingerprint density at radius 1 is 1.31 bits per heavy atom. The van der Waals surface area contributed by atoms with Crippen LogP contribution in [0.5, 0.6) is 0 Å². The molecule has 3 aromatic rings. The summed E-state index contributed by atoms with van der Waals surface area (Å²) in [6, 6.07) is 3.81. The van der Waals surface area contributed by atoms with Gasteiger partial charge in [-0.3, -0.25) is 4.40 Å². The molecule has 3 aromatic heterocycles. The molecule has 4 atom stereocenters. The van der Waals surface area contributed by atoms with E-state index in [1.165, 1.54) is 22.9 Å². The average molecular weight is 539 g/mol. The SMILES string of the molecule is CC1OCC1(C#N)NS(=O)(=O)c1cc(N2C[C@H](C)N[C@@H](C)C2)c2ncc(-c3nnc(C(F)F)s3)n2c1. The number of nitrogens with one attached hydrogen (secondary N) is 2. The van der Waals surface area contributed by atoms with Crippen LogP contribution in [0.15, 0.2) is 23.4 Å². The molecule has 0 spiro atoms. The molecule has 2 saturated heterocycles. The van der Waals surface area contributed by atoms with Gasteiger partial charge in [-0.05, 0) is 26.8 Å². The number of rotatable bonds is 6. The number of nitriles is 1. The van der Waals surface area contributed by atoms with E-state index in [0.717, 1.165) is 0 Å². The van der Waals surface area contributed by atoms with Crippen molar-refractivity contribution in [3.05, 3.63) is 23.5 Å². The molecule has 0 radical (unpaired) electrons. The van der Waals surface area contributed by atoms with Gasteiger partial charge in [0.1, 0.15) is 10.6 Å². The number of halogens is 2. The van der Waals surface area contributed by atoms with Gasteiger partial charge < -0.3 is 15.0 Å². The van der Waals surface area contributed by atoms with Crippen LogP contribution in [0, 0.1) is 11.3 Å². The number of fused-ring (bicyclic) bond motifs is 1. The van der Waals surface area contributed by atoms with Crippen LogP contribution in [0.2, 0.25) is 0 Å². The monoisotopic (exact) mass is 538 g/mol. The number of nitrogens with zero attached hydrogens (tertiary/aromatic N) is 6. The standard InChI is InChI=1S/C21H24F2N8O3S2/c1-11-6-30(7-12(2)26-11)15-4-14(36(32,33)29-21(9-24)10-34-13(21)3)8-31-16(5-25-18(15)31)19-27-28-20(35-19)17(22)23/h4-5,8,11-13,17,26,29H,6-7,10H2,1-3H3/t11-,12-,13?,21?/m0/s1. The number of piperazine rings is 1. The van der Waals surface area contributed by atoms with Gasteiger partial charge in [0.05, 0.1) is 30.7 Å².